The number of rotatable bonds is 6. The van der Waals surface area contributed by atoms with E-state index >= 15 is 0 Å². The molecule has 82 valence electrons. The minimum atomic E-state index is 0.584. The van der Waals surface area contributed by atoms with Crippen molar-refractivity contribution in [2.75, 3.05) is 26.3 Å². The monoisotopic (exact) mass is 198 g/mol. The molecule has 0 bridgehead atoms. The summed E-state index contributed by atoms with van der Waals surface area (Å²) in [6.07, 6.45) is 3.96. The quantitative estimate of drug-likeness (QED) is 0.661. The van der Waals surface area contributed by atoms with Crippen molar-refractivity contribution < 1.29 is 4.74 Å². The van der Waals surface area contributed by atoms with Gasteiger partial charge in [-0.15, -0.1) is 0 Å². The predicted molar refractivity (Wildman–Crippen MR) is 57.4 cm³/mol. The highest BCUT2D eigenvalue weighted by molar-refractivity contribution is 4.87. The second kappa shape index (κ2) is 5.10. The van der Waals surface area contributed by atoms with Crippen LogP contribution in [0.2, 0.25) is 0 Å². The second-order valence-corrected chi connectivity index (χ2v) is 4.54. The molecule has 2 atom stereocenters. The minimum Gasteiger partial charge on any atom is -0.379 e. The van der Waals surface area contributed by atoms with E-state index < -0.39 is 0 Å². The van der Waals surface area contributed by atoms with Crippen molar-refractivity contribution in [3.8, 4) is 0 Å². The molecule has 1 aliphatic carbocycles. The lowest BCUT2D eigenvalue weighted by atomic mass is 10.0. The average Bonchev–Trinajstić information content (AvgIpc) is 2.92. The Balaban J connectivity index is 1.66. The summed E-state index contributed by atoms with van der Waals surface area (Å²) in [4.78, 5) is 0. The van der Waals surface area contributed by atoms with Crippen molar-refractivity contribution in [2.24, 2.45) is 5.92 Å². The maximum Gasteiger partial charge on any atom is 0.0623 e. The molecule has 0 radical (unpaired) electrons. The molecule has 2 aliphatic rings. The van der Waals surface area contributed by atoms with Gasteiger partial charge >= 0.3 is 0 Å². The van der Waals surface area contributed by atoms with Gasteiger partial charge in [0.15, 0.2) is 0 Å². The number of nitrogens with one attached hydrogen (secondary N) is 2. The number of hydrogen-bond acceptors (Lipinski definition) is 3. The Kier molecular flexibility index (Phi) is 3.79. The van der Waals surface area contributed by atoms with Gasteiger partial charge in [0.2, 0.25) is 0 Å². The fourth-order valence-corrected chi connectivity index (χ4v) is 1.96. The van der Waals surface area contributed by atoms with Gasteiger partial charge in [0.05, 0.1) is 13.2 Å². The van der Waals surface area contributed by atoms with Gasteiger partial charge in [0.25, 0.3) is 0 Å². The first-order valence-electron chi connectivity index (χ1n) is 5.94. The molecule has 14 heavy (non-hydrogen) atoms. The van der Waals surface area contributed by atoms with Crippen LogP contribution >= 0.6 is 0 Å². The van der Waals surface area contributed by atoms with E-state index in [1.165, 1.54) is 19.3 Å². The van der Waals surface area contributed by atoms with Crippen LogP contribution in [0.3, 0.4) is 0 Å². The second-order valence-electron chi connectivity index (χ2n) is 4.54. The van der Waals surface area contributed by atoms with Gasteiger partial charge in [-0.05, 0) is 25.8 Å². The Morgan fingerprint density at radius 3 is 2.79 bits per heavy atom. The maximum absolute atomic E-state index is 5.52. The van der Waals surface area contributed by atoms with Gasteiger partial charge in [-0.2, -0.15) is 0 Å². The highest BCUT2D eigenvalue weighted by Gasteiger charge is 2.29. The zero-order valence-electron chi connectivity index (χ0n) is 9.09. The summed E-state index contributed by atoms with van der Waals surface area (Å²) in [5.41, 5.74) is 0. The van der Waals surface area contributed by atoms with Gasteiger partial charge in [0.1, 0.15) is 0 Å². The molecule has 3 heteroatoms. The molecule has 3 nitrogen and oxygen atoms in total. The molecule has 2 N–H and O–H groups in total. The Morgan fingerprint density at radius 1 is 1.21 bits per heavy atom. The largest absolute Gasteiger partial charge is 0.379 e. The van der Waals surface area contributed by atoms with E-state index in [1.807, 2.05) is 0 Å². The van der Waals surface area contributed by atoms with Crippen molar-refractivity contribution in [3.63, 3.8) is 0 Å². The first-order chi connectivity index (χ1) is 6.90. The first kappa shape index (κ1) is 10.4. The molecule has 0 aromatic heterocycles. The third-order valence-electron chi connectivity index (χ3n) is 3.10. The van der Waals surface area contributed by atoms with E-state index in [9.17, 15) is 0 Å². The molecular weight excluding hydrogens is 176 g/mol. The summed E-state index contributed by atoms with van der Waals surface area (Å²) in [6, 6.07) is 1.41. The third-order valence-corrected chi connectivity index (χ3v) is 3.10. The summed E-state index contributed by atoms with van der Waals surface area (Å²) in [7, 11) is 0. The lowest BCUT2D eigenvalue weighted by Gasteiger charge is -2.19. The van der Waals surface area contributed by atoms with Crippen molar-refractivity contribution in [2.45, 2.75) is 38.3 Å². The molecule has 1 aliphatic heterocycles. The van der Waals surface area contributed by atoms with Crippen molar-refractivity contribution in [1.82, 2.24) is 10.6 Å². The molecule has 0 amide bonds. The number of hydrogen-bond donors (Lipinski definition) is 2. The fourth-order valence-electron chi connectivity index (χ4n) is 1.96. The molecule has 0 aromatic carbocycles. The molecule has 2 fully saturated rings. The van der Waals surface area contributed by atoms with Crippen LogP contribution in [-0.4, -0.2) is 38.4 Å². The highest BCUT2D eigenvalue weighted by Crippen LogP contribution is 2.20. The van der Waals surface area contributed by atoms with Crippen molar-refractivity contribution in [1.29, 1.82) is 0 Å². The van der Waals surface area contributed by atoms with E-state index in [-0.39, 0.29) is 0 Å². The van der Waals surface area contributed by atoms with Crippen LogP contribution in [-0.2, 0) is 4.74 Å². The van der Waals surface area contributed by atoms with Crippen molar-refractivity contribution in [3.05, 3.63) is 0 Å². The molecule has 1 saturated heterocycles. The van der Waals surface area contributed by atoms with E-state index in [2.05, 4.69) is 17.6 Å². The number of ether oxygens (including phenoxy) is 1. The lowest BCUT2D eigenvalue weighted by Crippen LogP contribution is -2.41. The van der Waals surface area contributed by atoms with Crippen LogP contribution in [0.1, 0.15) is 26.2 Å². The Hall–Kier alpha value is -0.120. The molecule has 0 spiro atoms. The fraction of sp³-hybridized carbons (Fsp3) is 1.00. The normalized spacial score (nSPS) is 32.4. The molecule has 1 saturated carbocycles. The van der Waals surface area contributed by atoms with Crippen LogP contribution in [0, 0.1) is 5.92 Å². The van der Waals surface area contributed by atoms with Gasteiger partial charge in [-0.1, -0.05) is 6.92 Å². The van der Waals surface area contributed by atoms with Gasteiger partial charge in [0, 0.05) is 24.5 Å². The van der Waals surface area contributed by atoms with Crippen LogP contribution in [0.25, 0.3) is 0 Å². The van der Waals surface area contributed by atoms with Gasteiger partial charge in [-0.3, -0.25) is 0 Å². The zero-order chi connectivity index (χ0) is 9.80. The third kappa shape index (κ3) is 2.94. The van der Waals surface area contributed by atoms with Crippen LogP contribution in [0.15, 0.2) is 0 Å². The maximum atomic E-state index is 5.52. The topological polar surface area (TPSA) is 33.3 Å². The molecule has 2 unspecified atom stereocenters. The van der Waals surface area contributed by atoms with Gasteiger partial charge in [-0.25, -0.2) is 0 Å². The van der Waals surface area contributed by atoms with Crippen LogP contribution in [0.5, 0.6) is 0 Å². The molecule has 2 rings (SSSR count). The Labute approximate surface area is 86.6 Å². The van der Waals surface area contributed by atoms with Crippen LogP contribution in [0.4, 0.5) is 0 Å². The first-order valence-corrected chi connectivity index (χ1v) is 5.94. The van der Waals surface area contributed by atoms with Crippen LogP contribution < -0.4 is 10.6 Å². The van der Waals surface area contributed by atoms with E-state index in [4.69, 9.17) is 4.74 Å². The van der Waals surface area contributed by atoms with E-state index in [0.717, 1.165) is 32.3 Å². The molecular formula is C11H22N2O. The summed E-state index contributed by atoms with van der Waals surface area (Å²) < 4.78 is 5.52. The summed E-state index contributed by atoms with van der Waals surface area (Å²) in [5, 5.41) is 7.15. The van der Waals surface area contributed by atoms with E-state index in [1.54, 1.807) is 0 Å². The SMILES string of the molecule is CCCNC1COCC1CNC1CC1. The smallest absolute Gasteiger partial charge is 0.0623 e. The highest BCUT2D eigenvalue weighted by atomic mass is 16.5. The predicted octanol–water partition coefficient (Wildman–Crippen LogP) is 0.753. The Bertz CT molecular complexity index is 171. The minimum absolute atomic E-state index is 0.584. The van der Waals surface area contributed by atoms with Crippen molar-refractivity contribution >= 4 is 0 Å². The Morgan fingerprint density at radius 2 is 2.07 bits per heavy atom. The summed E-state index contributed by atoms with van der Waals surface area (Å²) in [6.45, 7) is 6.29. The molecule has 0 aromatic rings. The summed E-state index contributed by atoms with van der Waals surface area (Å²) in [5.74, 6) is 0.683. The molecule has 1 heterocycles. The lowest BCUT2D eigenvalue weighted by molar-refractivity contribution is 0.182. The average molecular weight is 198 g/mol. The zero-order valence-corrected chi connectivity index (χ0v) is 9.09. The van der Waals surface area contributed by atoms with Gasteiger partial charge < -0.3 is 15.4 Å². The standard InChI is InChI=1S/C11H22N2O/c1-2-5-12-11-8-14-7-9(11)6-13-10-3-4-10/h9-13H,2-8H2,1H3. The summed E-state index contributed by atoms with van der Waals surface area (Å²) >= 11 is 0. The van der Waals surface area contributed by atoms with E-state index in [0.29, 0.717) is 12.0 Å².